The summed E-state index contributed by atoms with van der Waals surface area (Å²) in [4.78, 5) is 23.1. The number of aryl methyl sites for hydroxylation is 3. The second kappa shape index (κ2) is 6.87. The van der Waals surface area contributed by atoms with Crippen LogP contribution in [0.1, 0.15) is 5.56 Å². The van der Waals surface area contributed by atoms with E-state index in [1.165, 1.54) is 16.8 Å². The number of aromatic amines is 1. The molecule has 136 valence electrons. The van der Waals surface area contributed by atoms with Crippen LogP contribution < -0.4 is 11.1 Å². The van der Waals surface area contributed by atoms with Crippen LogP contribution in [0.4, 0.5) is 0 Å². The molecule has 1 N–H and O–H groups in total. The van der Waals surface area contributed by atoms with Gasteiger partial charge in [0.2, 0.25) is 0 Å². The number of hydrogen-bond acceptors (Lipinski definition) is 5. The molecule has 9 heteroatoms. The van der Waals surface area contributed by atoms with Gasteiger partial charge in [-0.3, -0.25) is 19.4 Å². The van der Waals surface area contributed by atoms with E-state index in [2.05, 4.69) is 20.5 Å². The number of H-pyrrole nitrogens is 1. The number of aromatic nitrogens is 7. The molecule has 0 saturated carbocycles. The van der Waals surface area contributed by atoms with Crippen molar-refractivity contribution < 1.29 is 0 Å². The molecule has 0 saturated heterocycles. The molecule has 0 fully saturated rings. The third kappa shape index (κ3) is 3.47. The molecule has 3 aromatic heterocycles. The third-order valence-electron chi connectivity index (χ3n) is 4.23. The first kappa shape index (κ1) is 16.7. The number of hydrogen-bond donors (Lipinski definition) is 1. The molecule has 0 unspecified atom stereocenters. The second-order valence-electron chi connectivity index (χ2n) is 6.12. The van der Waals surface area contributed by atoms with Gasteiger partial charge in [0.15, 0.2) is 0 Å². The zero-order chi connectivity index (χ0) is 18.8. The maximum absolute atomic E-state index is 11.7. The molecule has 0 aliphatic carbocycles. The Morgan fingerprint density at radius 3 is 2.78 bits per heavy atom. The van der Waals surface area contributed by atoms with Crippen LogP contribution >= 0.6 is 0 Å². The molecular formula is C18H17N7O2. The average Bonchev–Trinajstić information content (AvgIpc) is 3.34. The maximum atomic E-state index is 11.7. The highest BCUT2D eigenvalue weighted by Gasteiger charge is 2.09. The summed E-state index contributed by atoms with van der Waals surface area (Å²) < 4.78 is 4.70. The van der Waals surface area contributed by atoms with E-state index in [9.17, 15) is 9.59 Å². The first-order chi connectivity index (χ1) is 13.1. The summed E-state index contributed by atoms with van der Waals surface area (Å²) in [6, 6.07) is 10.3. The zero-order valence-electron chi connectivity index (χ0n) is 14.6. The Hall–Kier alpha value is -3.75. The van der Waals surface area contributed by atoms with E-state index in [0.717, 1.165) is 22.5 Å². The Morgan fingerprint density at radius 1 is 1.11 bits per heavy atom. The summed E-state index contributed by atoms with van der Waals surface area (Å²) in [5.41, 5.74) is 3.16. The highest BCUT2D eigenvalue weighted by molar-refractivity contribution is 5.64. The Morgan fingerprint density at radius 2 is 2.00 bits per heavy atom. The summed E-state index contributed by atoms with van der Waals surface area (Å²) in [5.74, 6) is 0. The van der Waals surface area contributed by atoms with Gasteiger partial charge >= 0.3 is 0 Å². The van der Waals surface area contributed by atoms with Crippen LogP contribution in [0.2, 0.25) is 0 Å². The summed E-state index contributed by atoms with van der Waals surface area (Å²) in [6.45, 7) is 2.72. The van der Waals surface area contributed by atoms with Crippen molar-refractivity contribution in [2.45, 2.75) is 20.0 Å². The summed E-state index contributed by atoms with van der Waals surface area (Å²) in [6.07, 6.45) is 5.45. The predicted molar refractivity (Wildman–Crippen MR) is 98.6 cm³/mol. The molecule has 4 aromatic rings. The first-order valence-corrected chi connectivity index (χ1v) is 8.41. The van der Waals surface area contributed by atoms with Gasteiger partial charge in [0, 0.05) is 30.1 Å². The quantitative estimate of drug-likeness (QED) is 0.569. The number of nitrogens with zero attached hydrogens (tertiary/aromatic N) is 6. The topological polar surface area (TPSA) is 103 Å². The summed E-state index contributed by atoms with van der Waals surface area (Å²) >= 11 is 0. The molecule has 27 heavy (non-hydrogen) atoms. The van der Waals surface area contributed by atoms with Crippen molar-refractivity contribution in [3.05, 3.63) is 81.3 Å². The Balaban J connectivity index is 1.53. The fraction of sp³-hybridized carbons (Fsp3) is 0.167. The fourth-order valence-electron chi connectivity index (χ4n) is 2.86. The molecular weight excluding hydrogens is 346 g/mol. The molecule has 4 rings (SSSR count). The van der Waals surface area contributed by atoms with Crippen molar-refractivity contribution in [2.75, 3.05) is 0 Å². The SMILES string of the molecule is Cc1cc(-n2cccn2)ccc1-c1cn(CCn2[nH]c(=O)ccc2=O)nn1. The van der Waals surface area contributed by atoms with Gasteiger partial charge in [-0.25, -0.2) is 9.36 Å². The van der Waals surface area contributed by atoms with E-state index in [4.69, 9.17) is 0 Å². The minimum Gasteiger partial charge on any atom is -0.268 e. The van der Waals surface area contributed by atoms with E-state index >= 15 is 0 Å². The lowest BCUT2D eigenvalue weighted by atomic mass is 10.1. The molecule has 0 spiro atoms. The molecule has 0 atom stereocenters. The minimum absolute atomic E-state index is 0.264. The Bertz CT molecular complexity index is 1180. The van der Waals surface area contributed by atoms with Crippen molar-refractivity contribution in [3.63, 3.8) is 0 Å². The van der Waals surface area contributed by atoms with Crippen molar-refractivity contribution in [3.8, 4) is 16.9 Å². The normalized spacial score (nSPS) is 11.0. The van der Waals surface area contributed by atoms with Gasteiger partial charge in [-0.05, 0) is 30.7 Å². The van der Waals surface area contributed by atoms with E-state index in [-0.39, 0.29) is 11.1 Å². The number of nitrogens with one attached hydrogen (secondary N) is 1. The van der Waals surface area contributed by atoms with Crippen LogP contribution in [0.5, 0.6) is 0 Å². The van der Waals surface area contributed by atoms with E-state index in [1.807, 2.05) is 43.6 Å². The Kier molecular flexibility index (Phi) is 4.25. The molecule has 0 aliphatic heterocycles. The van der Waals surface area contributed by atoms with E-state index in [1.54, 1.807) is 15.6 Å². The standard InChI is InChI=1S/C18H17N7O2/c1-13-11-14(24-8-2-7-19-24)3-4-15(13)16-12-23(22-20-16)9-10-25-18(27)6-5-17(26)21-25/h2-8,11-12H,9-10H2,1H3,(H,21,26). The molecule has 3 heterocycles. The molecule has 0 amide bonds. The van der Waals surface area contributed by atoms with Crippen LogP contribution in [-0.2, 0) is 13.1 Å². The van der Waals surface area contributed by atoms with Gasteiger partial charge in [0.05, 0.1) is 25.0 Å². The molecule has 0 bridgehead atoms. The van der Waals surface area contributed by atoms with Crippen molar-refractivity contribution in [1.29, 1.82) is 0 Å². The molecule has 9 nitrogen and oxygen atoms in total. The number of rotatable bonds is 5. The lowest BCUT2D eigenvalue weighted by Crippen LogP contribution is -2.29. The number of benzene rings is 1. The van der Waals surface area contributed by atoms with Gasteiger partial charge in [-0.2, -0.15) is 5.10 Å². The van der Waals surface area contributed by atoms with Crippen LogP contribution in [-0.4, -0.2) is 34.6 Å². The van der Waals surface area contributed by atoms with Gasteiger partial charge in [-0.15, -0.1) is 5.10 Å². The molecule has 0 radical (unpaired) electrons. The second-order valence-corrected chi connectivity index (χ2v) is 6.12. The van der Waals surface area contributed by atoms with Gasteiger partial charge in [0.1, 0.15) is 5.69 Å². The maximum Gasteiger partial charge on any atom is 0.265 e. The molecule has 0 aliphatic rings. The van der Waals surface area contributed by atoms with Gasteiger partial charge in [-0.1, -0.05) is 11.3 Å². The Labute approximate surface area is 153 Å². The van der Waals surface area contributed by atoms with Crippen LogP contribution in [0.3, 0.4) is 0 Å². The fourth-order valence-corrected chi connectivity index (χ4v) is 2.86. The highest BCUT2D eigenvalue weighted by atomic mass is 16.1. The van der Waals surface area contributed by atoms with Crippen molar-refractivity contribution in [2.24, 2.45) is 0 Å². The van der Waals surface area contributed by atoms with Gasteiger partial charge < -0.3 is 0 Å². The predicted octanol–water partition coefficient (Wildman–Crippen LogP) is 0.989. The smallest absolute Gasteiger partial charge is 0.265 e. The van der Waals surface area contributed by atoms with Crippen LogP contribution in [0, 0.1) is 6.92 Å². The van der Waals surface area contributed by atoms with E-state index in [0.29, 0.717) is 13.1 Å². The van der Waals surface area contributed by atoms with Crippen molar-refractivity contribution in [1.82, 2.24) is 34.6 Å². The first-order valence-electron chi connectivity index (χ1n) is 8.41. The summed E-state index contributed by atoms with van der Waals surface area (Å²) in [7, 11) is 0. The highest BCUT2D eigenvalue weighted by Crippen LogP contribution is 2.23. The lowest BCUT2D eigenvalue weighted by Gasteiger charge is -2.06. The monoisotopic (exact) mass is 363 g/mol. The summed E-state index contributed by atoms with van der Waals surface area (Å²) in [5, 5.41) is 15.1. The minimum atomic E-state index is -0.318. The van der Waals surface area contributed by atoms with Crippen LogP contribution in [0.15, 0.2) is 64.6 Å². The van der Waals surface area contributed by atoms with Crippen LogP contribution in [0.25, 0.3) is 16.9 Å². The third-order valence-corrected chi connectivity index (χ3v) is 4.23. The average molecular weight is 363 g/mol. The zero-order valence-corrected chi connectivity index (χ0v) is 14.6. The lowest BCUT2D eigenvalue weighted by molar-refractivity contribution is 0.470. The van der Waals surface area contributed by atoms with Gasteiger partial charge in [0.25, 0.3) is 11.1 Å². The van der Waals surface area contributed by atoms with Crippen molar-refractivity contribution >= 4 is 0 Å². The van der Waals surface area contributed by atoms with E-state index < -0.39 is 0 Å². The molecule has 1 aromatic carbocycles. The largest absolute Gasteiger partial charge is 0.268 e.